The van der Waals surface area contributed by atoms with Crippen LogP contribution in [0.1, 0.15) is 30.4 Å². The molecule has 0 saturated carbocycles. The van der Waals surface area contributed by atoms with Gasteiger partial charge < -0.3 is 24.3 Å². The number of anilines is 1. The summed E-state index contributed by atoms with van der Waals surface area (Å²) in [5.74, 6) is 1.99. The highest BCUT2D eigenvalue weighted by molar-refractivity contribution is 9.09. The van der Waals surface area contributed by atoms with Crippen LogP contribution in [0.25, 0.3) is 0 Å². The number of halogens is 1. The zero-order valence-corrected chi connectivity index (χ0v) is 18.2. The molecule has 1 fully saturated rings. The molecule has 2 atom stereocenters. The Bertz CT molecular complexity index is 959. The van der Waals surface area contributed by atoms with E-state index < -0.39 is 5.41 Å². The fourth-order valence-corrected chi connectivity index (χ4v) is 4.95. The van der Waals surface area contributed by atoms with Gasteiger partial charge in [-0.1, -0.05) is 34.1 Å². The fraction of sp³-hybridized carbons (Fsp3) is 0.435. The molecule has 2 aromatic rings. The van der Waals surface area contributed by atoms with Crippen LogP contribution in [-0.4, -0.2) is 43.8 Å². The summed E-state index contributed by atoms with van der Waals surface area (Å²) in [6.07, 6.45) is 4.34. The van der Waals surface area contributed by atoms with Gasteiger partial charge in [0.05, 0.1) is 6.10 Å². The standard InChI is InChI=1S/C17H13NO4.C6H11BrO/c19-16-17(10-3-1-2-4-12(10)18-16)9-22-13-8-15-14(7-11(13)17)20-5-6-21-15;7-5-6-3-1-2-4-8-6/h1-4,7-8H,5-6,9H2,(H,18,19);6H,1-5H2. The first-order valence-corrected chi connectivity index (χ1v) is 11.5. The molecule has 30 heavy (non-hydrogen) atoms. The van der Waals surface area contributed by atoms with Gasteiger partial charge in [0.1, 0.15) is 31.0 Å². The molecule has 4 heterocycles. The molecular formula is C23H24BrNO5. The number of rotatable bonds is 1. The molecule has 6 nitrogen and oxygen atoms in total. The van der Waals surface area contributed by atoms with Gasteiger partial charge >= 0.3 is 0 Å². The molecule has 6 rings (SSSR count). The van der Waals surface area contributed by atoms with Crippen LogP contribution < -0.4 is 19.5 Å². The minimum atomic E-state index is -0.790. The van der Waals surface area contributed by atoms with Crippen LogP contribution in [0.4, 0.5) is 5.69 Å². The number of carbonyl (C=O) groups excluding carboxylic acids is 1. The van der Waals surface area contributed by atoms with Crippen LogP contribution in [0, 0.1) is 0 Å². The number of hydrogen-bond donors (Lipinski definition) is 1. The third-order valence-corrected chi connectivity index (χ3v) is 6.74. The average Bonchev–Trinajstić information content (AvgIpc) is 3.32. The van der Waals surface area contributed by atoms with Crippen molar-refractivity contribution in [2.24, 2.45) is 0 Å². The van der Waals surface area contributed by atoms with E-state index in [2.05, 4.69) is 21.2 Å². The summed E-state index contributed by atoms with van der Waals surface area (Å²) in [5, 5.41) is 3.97. The van der Waals surface area contributed by atoms with Crippen LogP contribution in [0.5, 0.6) is 17.2 Å². The lowest BCUT2D eigenvalue weighted by Gasteiger charge is -2.23. The lowest BCUT2D eigenvalue weighted by Crippen LogP contribution is -2.37. The predicted molar refractivity (Wildman–Crippen MR) is 116 cm³/mol. The van der Waals surface area contributed by atoms with E-state index >= 15 is 0 Å². The van der Waals surface area contributed by atoms with Gasteiger partial charge in [-0.25, -0.2) is 0 Å². The Morgan fingerprint density at radius 2 is 1.77 bits per heavy atom. The second kappa shape index (κ2) is 8.12. The summed E-state index contributed by atoms with van der Waals surface area (Å²) in [5.41, 5.74) is 1.86. The SMILES string of the molecule is BrCC1CCCCO1.O=C1Nc2ccccc2C12COc1cc3c(cc12)OCCO3. The lowest BCUT2D eigenvalue weighted by molar-refractivity contribution is -0.119. The van der Waals surface area contributed by atoms with E-state index in [1.165, 1.54) is 19.3 Å². The van der Waals surface area contributed by atoms with Crippen molar-refractivity contribution >= 4 is 27.5 Å². The number of para-hydroxylation sites is 1. The molecule has 2 aromatic carbocycles. The molecule has 1 amide bonds. The highest BCUT2D eigenvalue weighted by Crippen LogP contribution is 2.52. The predicted octanol–water partition coefficient (Wildman–Crippen LogP) is 4.04. The molecule has 1 saturated heterocycles. The van der Waals surface area contributed by atoms with Crippen molar-refractivity contribution in [3.8, 4) is 17.2 Å². The smallest absolute Gasteiger partial charge is 0.243 e. The third-order valence-electron chi connectivity index (χ3n) is 6.02. The molecule has 1 spiro atoms. The highest BCUT2D eigenvalue weighted by Gasteiger charge is 2.54. The Hall–Kier alpha value is -2.25. The van der Waals surface area contributed by atoms with E-state index in [0.717, 1.165) is 28.8 Å². The van der Waals surface area contributed by atoms with E-state index in [0.29, 0.717) is 43.2 Å². The number of alkyl halides is 1. The van der Waals surface area contributed by atoms with Gasteiger partial charge in [0.2, 0.25) is 5.91 Å². The Balaban J connectivity index is 0.000000205. The molecule has 158 valence electrons. The Morgan fingerprint density at radius 3 is 2.50 bits per heavy atom. The second-order valence-corrected chi connectivity index (χ2v) is 8.48. The van der Waals surface area contributed by atoms with E-state index in [-0.39, 0.29) is 5.91 Å². The quantitative estimate of drug-likeness (QED) is 0.633. The van der Waals surface area contributed by atoms with Crippen LogP contribution in [0.3, 0.4) is 0 Å². The average molecular weight is 474 g/mol. The number of amides is 1. The summed E-state index contributed by atoms with van der Waals surface area (Å²) in [6, 6.07) is 11.5. The number of nitrogens with one attached hydrogen (secondary N) is 1. The minimum absolute atomic E-state index is 0.0517. The summed E-state index contributed by atoms with van der Waals surface area (Å²) in [4.78, 5) is 12.7. The van der Waals surface area contributed by atoms with E-state index in [1.54, 1.807) is 0 Å². The molecule has 1 N–H and O–H groups in total. The molecule has 7 heteroatoms. The summed E-state index contributed by atoms with van der Waals surface area (Å²) < 4.78 is 22.5. The summed E-state index contributed by atoms with van der Waals surface area (Å²) >= 11 is 3.39. The molecular weight excluding hydrogens is 450 g/mol. The van der Waals surface area contributed by atoms with Gasteiger partial charge in [-0.3, -0.25) is 4.79 Å². The molecule has 4 aliphatic rings. The molecule has 2 unspecified atom stereocenters. The third kappa shape index (κ3) is 3.24. The van der Waals surface area contributed by atoms with Crippen molar-refractivity contribution < 1.29 is 23.7 Å². The largest absolute Gasteiger partial charge is 0.491 e. The van der Waals surface area contributed by atoms with Crippen molar-refractivity contribution in [3.05, 3.63) is 47.5 Å². The Kier molecular flexibility index (Phi) is 5.33. The number of fused-ring (bicyclic) bond motifs is 5. The van der Waals surface area contributed by atoms with Crippen LogP contribution >= 0.6 is 15.9 Å². The monoisotopic (exact) mass is 473 g/mol. The van der Waals surface area contributed by atoms with E-state index in [9.17, 15) is 4.79 Å². The molecule has 0 aromatic heterocycles. The van der Waals surface area contributed by atoms with Gasteiger partial charge in [-0.15, -0.1) is 0 Å². The molecule has 4 aliphatic heterocycles. The molecule has 0 aliphatic carbocycles. The Labute approximate surface area is 184 Å². The number of ether oxygens (including phenoxy) is 4. The maximum absolute atomic E-state index is 12.7. The van der Waals surface area contributed by atoms with Crippen molar-refractivity contribution in [2.45, 2.75) is 30.8 Å². The number of benzene rings is 2. The zero-order valence-electron chi connectivity index (χ0n) is 16.6. The van der Waals surface area contributed by atoms with Crippen LogP contribution in [0.2, 0.25) is 0 Å². The van der Waals surface area contributed by atoms with E-state index in [4.69, 9.17) is 18.9 Å². The van der Waals surface area contributed by atoms with Crippen molar-refractivity contribution in [2.75, 3.05) is 37.1 Å². The fourth-order valence-electron chi connectivity index (χ4n) is 4.44. The highest BCUT2D eigenvalue weighted by atomic mass is 79.9. The van der Waals surface area contributed by atoms with Gasteiger partial charge in [0.15, 0.2) is 11.5 Å². The van der Waals surface area contributed by atoms with Gasteiger partial charge in [-0.2, -0.15) is 0 Å². The molecule has 0 radical (unpaired) electrons. The Morgan fingerprint density at radius 1 is 0.967 bits per heavy atom. The second-order valence-electron chi connectivity index (χ2n) is 7.83. The number of carbonyl (C=O) groups is 1. The zero-order chi connectivity index (χ0) is 20.6. The normalized spacial score (nSPS) is 25.5. The van der Waals surface area contributed by atoms with Crippen molar-refractivity contribution in [1.82, 2.24) is 0 Å². The summed E-state index contributed by atoms with van der Waals surface area (Å²) in [6.45, 7) is 2.31. The van der Waals surface area contributed by atoms with Crippen LogP contribution in [-0.2, 0) is 14.9 Å². The maximum atomic E-state index is 12.7. The van der Waals surface area contributed by atoms with Crippen molar-refractivity contribution in [1.29, 1.82) is 0 Å². The van der Waals surface area contributed by atoms with Gasteiger partial charge in [0.25, 0.3) is 0 Å². The topological polar surface area (TPSA) is 66.0 Å². The first kappa shape index (κ1) is 19.7. The summed E-state index contributed by atoms with van der Waals surface area (Å²) in [7, 11) is 0. The maximum Gasteiger partial charge on any atom is 0.243 e. The minimum Gasteiger partial charge on any atom is -0.491 e. The van der Waals surface area contributed by atoms with E-state index in [1.807, 2.05) is 36.4 Å². The number of hydrogen-bond acceptors (Lipinski definition) is 5. The van der Waals surface area contributed by atoms with Crippen LogP contribution in [0.15, 0.2) is 36.4 Å². The lowest BCUT2D eigenvalue weighted by atomic mass is 9.77. The van der Waals surface area contributed by atoms with Gasteiger partial charge in [-0.05, 0) is 37.0 Å². The first-order valence-electron chi connectivity index (χ1n) is 10.4. The first-order chi connectivity index (χ1) is 14.7. The molecule has 0 bridgehead atoms. The van der Waals surface area contributed by atoms with Crippen molar-refractivity contribution in [3.63, 3.8) is 0 Å². The van der Waals surface area contributed by atoms with Gasteiger partial charge in [0, 0.05) is 29.3 Å².